The number of nitrogens with zero attached hydrogens (tertiary/aromatic N) is 2. The Balaban J connectivity index is 2.28. The quantitative estimate of drug-likeness (QED) is 0.633. The first kappa shape index (κ1) is 18.2. The fourth-order valence-corrected chi connectivity index (χ4v) is 3.66. The van der Waals surface area contributed by atoms with Gasteiger partial charge in [-0.15, -0.1) is 0 Å². The van der Waals surface area contributed by atoms with Crippen molar-refractivity contribution < 1.29 is 18.1 Å². The van der Waals surface area contributed by atoms with E-state index in [1.54, 1.807) is 13.0 Å². The predicted molar refractivity (Wildman–Crippen MR) is 89.9 cm³/mol. The van der Waals surface area contributed by atoms with Crippen molar-refractivity contribution in [2.24, 2.45) is 0 Å². The summed E-state index contributed by atoms with van der Waals surface area (Å²) < 4.78 is 23.7. The second-order valence-electron chi connectivity index (χ2n) is 5.89. The van der Waals surface area contributed by atoms with E-state index in [4.69, 9.17) is 0 Å². The molecule has 1 amide bonds. The third kappa shape index (κ3) is 4.22. The highest BCUT2D eigenvalue weighted by atomic mass is 32.2. The van der Waals surface area contributed by atoms with Gasteiger partial charge in [0.25, 0.3) is 5.69 Å². The maximum atomic E-state index is 11.9. The van der Waals surface area contributed by atoms with Crippen LogP contribution < -0.4 is 10.2 Å². The molecule has 1 fully saturated rings. The molecule has 8 nitrogen and oxygen atoms in total. The van der Waals surface area contributed by atoms with Crippen LogP contribution in [0.2, 0.25) is 0 Å². The second kappa shape index (κ2) is 7.16. The summed E-state index contributed by atoms with van der Waals surface area (Å²) in [5.74, 6) is -0.0256. The molecule has 132 valence electrons. The van der Waals surface area contributed by atoms with Crippen LogP contribution in [0.5, 0.6) is 0 Å². The number of piperidine rings is 1. The number of carbonyl (C=O) groups excluding carboxylic acids is 1. The Kier molecular flexibility index (Phi) is 5.43. The zero-order valence-corrected chi connectivity index (χ0v) is 14.5. The number of hydrogen-bond donors (Lipinski definition) is 1. The van der Waals surface area contributed by atoms with Gasteiger partial charge in [-0.05, 0) is 25.0 Å². The molecule has 2 rings (SSSR count). The molecule has 0 saturated carbocycles. The van der Waals surface area contributed by atoms with Crippen molar-refractivity contribution in [2.45, 2.75) is 37.1 Å². The first-order chi connectivity index (χ1) is 11.2. The summed E-state index contributed by atoms with van der Waals surface area (Å²) in [5.41, 5.74) is 0.186. The lowest BCUT2D eigenvalue weighted by Gasteiger charge is -2.34. The van der Waals surface area contributed by atoms with Gasteiger partial charge in [-0.2, -0.15) is 0 Å². The van der Waals surface area contributed by atoms with Gasteiger partial charge in [0.1, 0.15) is 4.90 Å². The molecule has 1 N–H and O–H groups in total. The Morgan fingerprint density at radius 3 is 2.75 bits per heavy atom. The molecule has 1 aromatic rings. The normalized spacial score (nSPS) is 18.2. The van der Waals surface area contributed by atoms with Crippen LogP contribution in [0.4, 0.5) is 11.4 Å². The number of anilines is 1. The summed E-state index contributed by atoms with van der Waals surface area (Å²) in [4.78, 5) is 23.6. The third-order valence-corrected chi connectivity index (χ3v) is 5.14. The van der Waals surface area contributed by atoms with E-state index in [0.29, 0.717) is 25.2 Å². The maximum Gasteiger partial charge on any atom is 0.288 e. The summed E-state index contributed by atoms with van der Waals surface area (Å²) in [6.45, 7) is 3.04. The molecule has 1 aliphatic heterocycles. The molecule has 24 heavy (non-hydrogen) atoms. The summed E-state index contributed by atoms with van der Waals surface area (Å²) in [6, 6.07) is 4.11. The Labute approximate surface area is 140 Å². The van der Waals surface area contributed by atoms with Gasteiger partial charge in [0.05, 0.1) is 4.92 Å². The van der Waals surface area contributed by atoms with Gasteiger partial charge in [-0.1, -0.05) is 6.92 Å². The summed E-state index contributed by atoms with van der Waals surface area (Å²) >= 11 is 0. The van der Waals surface area contributed by atoms with E-state index in [1.807, 2.05) is 4.90 Å². The average molecular weight is 355 g/mol. The van der Waals surface area contributed by atoms with Crippen LogP contribution in [-0.4, -0.2) is 44.6 Å². The molecular weight excluding hydrogens is 334 g/mol. The van der Waals surface area contributed by atoms with E-state index >= 15 is 0 Å². The van der Waals surface area contributed by atoms with Crippen molar-refractivity contribution >= 4 is 27.1 Å². The Bertz CT molecular complexity index is 747. The summed E-state index contributed by atoms with van der Waals surface area (Å²) in [7, 11) is -3.71. The van der Waals surface area contributed by atoms with Crippen molar-refractivity contribution in [3.8, 4) is 0 Å². The zero-order valence-electron chi connectivity index (χ0n) is 13.7. The van der Waals surface area contributed by atoms with Crippen molar-refractivity contribution in [3.05, 3.63) is 28.3 Å². The number of rotatable bonds is 5. The van der Waals surface area contributed by atoms with Crippen molar-refractivity contribution in [1.82, 2.24) is 5.32 Å². The third-order valence-electron chi connectivity index (χ3n) is 4.01. The molecule has 0 aliphatic carbocycles. The van der Waals surface area contributed by atoms with E-state index in [1.165, 1.54) is 12.1 Å². The van der Waals surface area contributed by atoms with E-state index < -0.39 is 20.4 Å². The zero-order chi connectivity index (χ0) is 17.9. The molecule has 9 heteroatoms. The number of benzene rings is 1. The largest absolute Gasteiger partial charge is 0.369 e. The number of nitro groups is 1. The molecular formula is C15H21N3O5S. The molecule has 0 radical (unpaired) electrons. The fourth-order valence-electron chi connectivity index (χ4n) is 2.81. The number of nitrogens with one attached hydrogen (secondary N) is 1. The number of carbonyl (C=O) groups is 1. The van der Waals surface area contributed by atoms with Crippen molar-refractivity contribution in [1.29, 1.82) is 0 Å². The second-order valence-corrected chi connectivity index (χ2v) is 7.87. The lowest BCUT2D eigenvalue weighted by Crippen LogP contribution is -2.47. The van der Waals surface area contributed by atoms with E-state index in [9.17, 15) is 23.3 Å². The molecule has 0 aromatic heterocycles. The minimum atomic E-state index is -3.71. The molecule has 1 heterocycles. The maximum absolute atomic E-state index is 11.9. The van der Waals surface area contributed by atoms with Crippen LogP contribution in [0.15, 0.2) is 23.1 Å². The first-order valence-corrected chi connectivity index (χ1v) is 9.64. The molecule has 0 spiro atoms. The van der Waals surface area contributed by atoms with Gasteiger partial charge in [-0.25, -0.2) is 8.42 Å². The Morgan fingerprint density at radius 1 is 1.46 bits per heavy atom. The minimum absolute atomic E-state index is 0.0110. The first-order valence-electron chi connectivity index (χ1n) is 7.75. The van der Waals surface area contributed by atoms with Crippen LogP contribution in [0.3, 0.4) is 0 Å². The summed E-state index contributed by atoms with van der Waals surface area (Å²) in [6.07, 6.45) is 3.07. The Hall–Kier alpha value is -2.16. The van der Waals surface area contributed by atoms with Gasteiger partial charge in [-0.3, -0.25) is 14.9 Å². The van der Waals surface area contributed by atoms with Gasteiger partial charge in [0.2, 0.25) is 5.91 Å². The Morgan fingerprint density at radius 2 is 2.17 bits per heavy atom. The minimum Gasteiger partial charge on any atom is -0.369 e. The van der Waals surface area contributed by atoms with Crippen LogP contribution in [0.1, 0.15) is 26.2 Å². The highest BCUT2D eigenvalue weighted by Gasteiger charge is 2.26. The lowest BCUT2D eigenvalue weighted by atomic mass is 10.0. The van der Waals surface area contributed by atoms with Gasteiger partial charge in [0, 0.05) is 43.6 Å². The fraction of sp³-hybridized carbons (Fsp3) is 0.533. The standard InChI is InChI=1S/C15H21N3O5S/c1-3-15(19)16-11-5-4-8-17(10-11)12-6-7-13(18(20)21)14(9-12)24(2,22)23/h6-7,9,11H,3-5,8,10H2,1-2H3,(H,16,19). The molecule has 0 bridgehead atoms. The van der Waals surface area contributed by atoms with Gasteiger partial charge < -0.3 is 10.2 Å². The predicted octanol–water partition coefficient (Wildman–Crippen LogP) is 1.49. The van der Waals surface area contributed by atoms with Gasteiger partial charge >= 0.3 is 0 Å². The lowest BCUT2D eigenvalue weighted by molar-refractivity contribution is -0.387. The molecule has 1 aromatic carbocycles. The van der Waals surface area contributed by atoms with Crippen LogP contribution >= 0.6 is 0 Å². The number of nitro benzene ring substituents is 1. The van der Waals surface area contributed by atoms with E-state index in [0.717, 1.165) is 19.1 Å². The number of sulfone groups is 1. The highest BCUT2D eigenvalue weighted by molar-refractivity contribution is 7.90. The topological polar surface area (TPSA) is 110 Å². The molecule has 1 atom stereocenters. The van der Waals surface area contributed by atoms with Crippen LogP contribution in [-0.2, 0) is 14.6 Å². The number of hydrogen-bond acceptors (Lipinski definition) is 6. The summed E-state index contributed by atoms with van der Waals surface area (Å²) in [5, 5.41) is 14.0. The smallest absolute Gasteiger partial charge is 0.288 e. The van der Waals surface area contributed by atoms with E-state index in [-0.39, 0.29) is 16.8 Å². The van der Waals surface area contributed by atoms with E-state index in [2.05, 4.69) is 5.32 Å². The van der Waals surface area contributed by atoms with Crippen LogP contribution in [0, 0.1) is 10.1 Å². The highest BCUT2D eigenvalue weighted by Crippen LogP contribution is 2.30. The van der Waals surface area contributed by atoms with Gasteiger partial charge in [0.15, 0.2) is 9.84 Å². The van der Waals surface area contributed by atoms with Crippen LogP contribution in [0.25, 0.3) is 0 Å². The average Bonchev–Trinajstić information content (AvgIpc) is 2.53. The monoisotopic (exact) mass is 355 g/mol. The molecule has 1 aliphatic rings. The van der Waals surface area contributed by atoms with Crippen molar-refractivity contribution in [2.75, 3.05) is 24.2 Å². The number of amides is 1. The molecule has 1 saturated heterocycles. The SMILES string of the molecule is CCC(=O)NC1CCCN(c2ccc([N+](=O)[O-])c(S(C)(=O)=O)c2)C1. The molecule has 1 unspecified atom stereocenters. The van der Waals surface area contributed by atoms with Crippen molar-refractivity contribution in [3.63, 3.8) is 0 Å².